The summed E-state index contributed by atoms with van der Waals surface area (Å²) in [6.45, 7) is 6.56. The quantitative estimate of drug-likeness (QED) is 0.739. The lowest BCUT2D eigenvalue weighted by molar-refractivity contribution is -0.136. The number of amides is 1. The SMILES string of the molecule is CCCCOc1ccc(NC(=O)C(C)(CC)OC)cc1. The van der Waals surface area contributed by atoms with Gasteiger partial charge in [-0.25, -0.2) is 0 Å². The molecular formula is C16H25NO3. The molecule has 1 rings (SSSR count). The molecule has 4 nitrogen and oxygen atoms in total. The maximum absolute atomic E-state index is 12.1. The summed E-state index contributed by atoms with van der Waals surface area (Å²) >= 11 is 0. The fourth-order valence-corrected chi connectivity index (χ4v) is 1.63. The molecule has 0 aliphatic rings. The van der Waals surface area contributed by atoms with Crippen LogP contribution < -0.4 is 10.1 Å². The Bertz CT molecular complexity index is 410. The minimum atomic E-state index is -0.795. The van der Waals surface area contributed by atoms with Crippen LogP contribution in [0.25, 0.3) is 0 Å². The largest absolute Gasteiger partial charge is 0.494 e. The van der Waals surface area contributed by atoms with Crippen molar-refractivity contribution in [2.24, 2.45) is 0 Å². The van der Waals surface area contributed by atoms with Crippen LogP contribution in [0.5, 0.6) is 5.75 Å². The first kappa shape index (κ1) is 16.5. The predicted molar refractivity (Wildman–Crippen MR) is 81.2 cm³/mol. The molecule has 1 aromatic carbocycles. The van der Waals surface area contributed by atoms with Gasteiger partial charge >= 0.3 is 0 Å². The van der Waals surface area contributed by atoms with Crippen LogP contribution in [0, 0.1) is 0 Å². The van der Waals surface area contributed by atoms with Crippen molar-refractivity contribution >= 4 is 11.6 Å². The number of carbonyl (C=O) groups is 1. The Kier molecular flexibility index (Phi) is 6.52. The van der Waals surface area contributed by atoms with Crippen molar-refractivity contribution < 1.29 is 14.3 Å². The molecule has 0 saturated heterocycles. The number of hydrogen-bond donors (Lipinski definition) is 1. The van der Waals surface area contributed by atoms with Crippen LogP contribution in [0.3, 0.4) is 0 Å². The minimum absolute atomic E-state index is 0.137. The molecular weight excluding hydrogens is 254 g/mol. The van der Waals surface area contributed by atoms with Gasteiger partial charge in [0.15, 0.2) is 0 Å². The topological polar surface area (TPSA) is 47.6 Å². The first-order valence-corrected chi connectivity index (χ1v) is 7.15. The maximum atomic E-state index is 12.1. The van der Waals surface area contributed by atoms with Crippen molar-refractivity contribution in [2.45, 2.75) is 45.6 Å². The fraction of sp³-hybridized carbons (Fsp3) is 0.562. The van der Waals surface area contributed by atoms with E-state index in [2.05, 4.69) is 12.2 Å². The number of unbranched alkanes of at least 4 members (excludes halogenated alkanes) is 1. The third-order valence-electron chi connectivity index (χ3n) is 3.48. The smallest absolute Gasteiger partial charge is 0.256 e. The summed E-state index contributed by atoms with van der Waals surface area (Å²) in [5.74, 6) is 0.684. The Morgan fingerprint density at radius 2 is 1.90 bits per heavy atom. The standard InChI is InChI=1S/C16H25NO3/c1-5-7-12-20-14-10-8-13(9-11-14)17-15(18)16(3,6-2)19-4/h8-11H,5-7,12H2,1-4H3,(H,17,18). The molecule has 1 atom stereocenters. The molecule has 0 fully saturated rings. The number of methoxy groups -OCH3 is 1. The lowest BCUT2D eigenvalue weighted by Gasteiger charge is -2.25. The molecule has 0 radical (unpaired) electrons. The highest BCUT2D eigenvalue weighted by Crippen LogP contribution is 2.20. The summed E-state index contributed by atoms with van der Waals surface area (Å²) < 4.78 is 10.9. The number of anilines is 1. The normalized spacial score (nSPS) is 13.6. The average molecular weight is 279 g/mol. The molecule has 0 heterocycles. The maximum Gasteiger partial charge on any atom is 0.256 e. The van der Waals surface area contributed by atoms with E-state index in [0.717, 1.165) is 30.9 Å². The van der Waals surface area contributed by atoms with E-state index in [1.807, 2.05) is 31.2 Å². The number of ether oxygens (including phenoxy) is 2. The molecule has 0 spiro atoms. The zero-order valence-electron chi connectivity index (χ0n) is 12.9. The highest BCUT2D eigenvalue weighted by atomic mass is 16.5. The summed E-state index contributed by atoms with van der Waals surface area (Å²) in [5.41, 5.74) is -0.0504. The third-order valence-corrected chi connectivity index (χ3v) is 3.48. The molecule has 0 aromatic heterocycles. The second-order valence-corrected chi connectivity index (χ2v) is 4.97. The van der Waals surface area contributed by atoms with Crippen LogP contribution >= 0.6 is 0 Å². The van der Waals surface area contributed by atoms with E-state index in [9.17, 15) is 4.79 Å². The van der Waals surface area contributed by atoms with Gasteiger partial charge in [-0.05, 0) is 44.0 Å². The molecule has 1 amide bonds. The fourth-order valence-electron chi connectivity index (χ4n) is 1.63. The van der Waals surface area contributed by atoms with Gasteiger partial charge in [0.05, 0.1) is 6.61 Å². The van der Waals surface area contributed by atoms with Gasteiger partial charge in [-0.2, -0.15) is 0 Å². The van der Waals surface area contributed by atoms with E-state index in [-0.39, 0.29) is 5.91 Å². The van der Waals surface area contributed by atoms with E-state index in [1.165, 1.54) is 0 Å². The summed E-state index contributed by atoms with van der Waals surface area (Å²) in [5, 5.41) is 2.86. The summed E-state index contributed by atoms with van der Waals surface area (Å²) in [6.07, 6.45) is 2.77. The molecule has 0 aliphatic carbocycles. The van der Waals surface area contributed by atoms with E-state index in [0.29, 0.717) is 6.42 Å². The Labute approximate surface area is 121 Å². The molecule has 1 unspecified atom stereocenters. The number of rotatable bonds is 8. The Hall–Kier alpha value is -1.55. The molecule has 1 aromatic rings. The molecule has 4 heteroatoms. The number of nitrogens with one attached hydrogen (secondary N) is 1. The van der Waals surface area contributed by atoms with Crippen LogP contribution in [-0.4, -0.2) is 25.2 Å². The van der Waals surface area contributed by atoms with Crippen molar-refractivity contribution in [3.8, 4) is 5.75 Å². The Balaban J connectivity index is 2.59. The second-order valence-electron chi connectivity index (χ2n) is 4.97. The molecule has 0 bridgehead atoms. The summed E-state index contributed by atoms with van der Waals surface area (Å²) in [6, 6.07) is 7.40. The van der Waals surface area contributed by atoms with Gasteiger partial charge in [-0.3, -0.25) is 4.79 Å². The van der Waals surface area contributed by atoms with Gasteiger partial charge in [0.2, 0.25) is 0 Å². The second kappa shape index (κ2) is 7.90. The van der Waals surface area contributed by atoms with Crippen LogP contribution in [0.1, 0.15) is 40.0 Å². The highest BCUT2D eigenvalue weighted by Gasteiger charge is 2.30. The average Bonchev–Trinajstić information content (AvgIpc) is 2.48. The molecule has 20 heavy (non-hydrogen) atoms. The Morgan fingerprint density at radius 3 is 2.40 bits per heavy atom. The molecule has 0 saturated carbocycles. The van der Waals surface area contributed by atoms with E-state index in [1.54, 1.807) is 14.0 Å². The lowest BCUT2D eigenvalue weighted by atomic mass is 10.0. The lowest BCUT2D eigenvalue weighted by Crippen LogP contribution is -2.41. The first-order chi connectivity index (χ1) is 9.55. The Morgan fingerprint density at radius 1 is 1.25 bits per heavy atom. The molecule has 112 valence electrons. The number of benzene rings is 1. The summed E-state index contributed by atoms with van der Waals surface area (Å²) in [7, 11) is 1.55. The summed E-state index contributed by atoms with van der Waals surface area (Å²) in [4.78, 5) is 12.1. The van der Waals surface area contributed by atoms with Gasteiger partial charge in [0, 0.05) is 12.8 Å². The van der Waals surface area contributed by atoms with Crippen LogP contribution in [0.15, 0.2) is 24.3 Å². The van der Waals surface area contributed by atoms with Crippen molar-refractivity contribution in [1.29, 1.82) is 0 Å². The predicted octanol–water partition coefficient (Wildman–Crippen LogP) is 3.62. The van der Waals surface area contributed by atoms with Crippen LogP contribution in [0.2, 0.25) is 0 Å². The number of carbonyl (C=O) groups excluding carboxylic acids is 1. The van der Waals surface area contributed by atoms with Gasteiger partial charge < -0.3 is 14.8 Å². The zero-order valence-corrected chi connectivity index (χ0v) is 12.9. The van der Waals surface area contributed by atoms with Crippen molar-refractivity contribution in [3.63, 3.8) is 0 Å². The van der Waals surface area contributed by atoms with Gasteiger partial charge in [0.1, 0.15) is 11.4 Å². The van der Waals surface area contributed by atoms with E-state index >= 15 is 0 Å². The van der Waals surface area contributed by atoms with Crippen molar-refractivity contribution in [1.82, 2.24) is 0 Å². The van der Waals surface area contributed by atoms with Crippen molar-refractivity contribution in [3.05, 3.63) is 24.3 Å². The third kappa shape index (κ3) is 4.53. The molecule has 1 N–H and O–H groups in total. The number of hydrogen-bond acceptors (Lipinski definition) is 3. The highest BCUT2D eigenvalue weighted by molar-refractivity contribution is 5.97. The zero-order chi connectivity index (χ0) is 15.0. The minimum Gasteiger partial charge on any atom is -0.494 e. The molecule has 0 aliphatic heterocycles. The first-order valence-electron chi connectivity index (χ1n) is 7.15. The van der Waals surface area contributed by atoms with Gasteiger partial charge in [0.25, 0.3) is 5.91 Å². The van der Waals surface area contributed by atoms with Gasteiger partial charge in [-0.15, -0.1) is 0 Å². The van der Waals surface area contributed by atoms with Crippen molar-refractivity contribution in [2.75, 3.05) is 19.0 Å². The monoisotopic (exact) mass is 279 g/mol. The van der Waals surface area contributed by atoms with Crippen LogP contribution in [0.4, 0.5) is 5.69 Å². The van der Waals surface area contributed by atoms with E-state index < -0.39 is 5.60 Å². The van der Waals surface area contributed by atoms with Crippen LogP contribution in [-0.2, 0) is 9.53 Å². The van der Waals surface area contributed by atoms with Gasteiger partial charge in [-0.1, -0.05) is 20.3 Å². The van der Waals surface area contributed by atoms with E-state index in [4.69, 9.17) is 9.47 Å².